The number of fused-ring (bicyclic) bond motifs is 1. The van der Waals surface area contributed by atoms with E-state index in [1.807, 2.05) is 18.4 Å². The van der Waals surface area contributed by atoms with Gasteiger partial charge in [0, 0.05) is 18.0 Å². The van der Waals surface area contributed by atoms with Gasteiger partial charge in [-0.2, -0.15) is 0 Å². The fourth-order valence-corrected chi connectivity index (χ4v) is 3.90. The van der Waals surface area contributed by atoms with Crippen molar-refractivity contribution in [3.05, 3.63) is 22.4 Å². The average molecular weight is 292 g/mol. The van der Waals surface area contributed by atoms with Gasteiger partial charge in [0.15, 0.2) is 0 Å². The second-order valence-corrected chi connectivity index (χ2v) is 6.61. The number of amides is 2. The highest BCUT2D eigenvalue weighted by atomic mass is 32.1. The molecule has 0 aliphatic carbocycles. The first-order chi connectivity index (χ1) is 9.68. The van der Waals surface area contributed by atoms with E-state index in [4.69, 9.17) is 0 Å². The van der Waals surface area contributed by atoms with E-state index in [-0.39, 0.29) is 23.9 Å². The van der Waals surface area contributed by atoms with Crippen molar-refractivity contribution in [1.29, 1.82) is 0 Å². The predicted molar refractivity (Wildman–Crippen MR) is 78.6 cm³/mol. The lowest BCUT2D eigenvalue weighted by Gasteiger charge is -2.46. The summed E-state index contributed by atoms with van der Waals surface area (Å²) in [6.07, 6.45) is 3.74. The Morgan fingerprint density at radius 1 is 1.30 bits per heavy atom. The molecule has 3 rings (SSSR count). The maximum atomic E-state index is 12.6. The maximum Gasteiger partial charge on any atom is 0.246 e. The predicted octanol–water partition coefficient (Wildman–Crippen LogP) is 1.90. The molecule has 2 aliphatic rings. The quantitative estimate of drug-likeness (QED) is 0.854. The molecule has 0 spiro atoms. The molecule has 1 aromatic heterocycles. The van der Waals surface area contributed by atoms with Crippen molar-refractivity contribution in [2.24, 2.45) is 0 Å². The van der Waals surface area contributed by atoms with Crippen LogP contribution in [0.4, 0.5) is 0 Å². The Kier molecular flexibility index (Phi) is 3.78. The van der Waals surface area contributed by atoms with Gasteiger partial charge in [-0.1, -0.05) is 6.07 Å². The zero-order valence-corrected chi connectivity index (χ0v) is 12.6. The Morgan fingerprint density at radius 2 is 2.15 bits per heavy atom. The van der Waals surface area contributed by atoms with Gasteiger partial charge in [0.25, 0.3) is 0 Å². The summed E-state index contributed by atoms with van der Waals surface area (Å²) < 4.78 is 0. The first kappa shape index (κ1) is 13.6. The largest absolute Gasteiger partial charge is 0.329 e. The maximum absolute atomic E-state index is 12.6. The molecule has 0 bridgehead atoms. The molecule has 0 saturated carbocycles. The van der Waals surface area contributed by atoms with Crippen LogP contribution in [0.5, 0.6) is 0 Å². The van der Waals surface area contributed by atoms with E-state index in [1.54, 1.807) is 21.1 Å². The lowest BCUT2D eigenvalue weighted by molar-refractivity contribution is -0.162. The van der Waals surface area contributed by atoms with Gasteiger partial charge >= 0.3 is 0 Å². The Labute approximate surface area is 123 Å². The highest BCUT2D eigenvalue weighted by molar-refractivity contribution is 7.09. The zero-order valence-electron chi connectivity index (χ0n) is 11.7. The van der Waals surface area contributed by atoms with E-state index >= 15 is 0 Å². The number of carbonyl (C=O) groups excluding carboxylic acids is 2. The van der Waals surface area contributed by atoms with Crippen molar-refractivity contribution in [1.82, 2.24) is 9.80 Å². The molecule has 4 nitrogen and oxygen atoms in total. The Balaban J connectivity index is 1.72. The molecule has 2 fully saturated rings. The monoisotopic (exact) mass is 292 g/mol. The molecule has 2 atom stereocenters. The summed E-state index contributed by atoms with van der Waals surface area (Å²) in [7, 11) is 0. The van der Waals surface area contributed by atoms with E-state index in [0.29, 0.717) is 6.54 Å². The Bertz CT molecular complexity index is 500. The Hall–Kier alpha value is -1.36. The van der Waals surface area contributed by atoms with Crippen LogP contribution in [0.25, 0.3) is 0 Å². The van der Waals surface area contributed by atoms with Gasteiger partial charge in [-0.25, -0.2) is 0 Å². The molecule has 0 N–H and O–H groups in total. The molecule has 3 heterocycles. The lowest BCUT2D eigenvalue weighted by Crippen LogP contribution is -2.65. The fourth-order valence-electron chi connectivity index (χ4n) is 3.20. The van der Waals surface area contributed by atoms with Gasteiger partial charge in [-0.15, -0.1) is 11.3 Å². The molecular formula is C15H20N2O2S. The molecule has 108 valence electrons. The topological polar surface area (TPSA) is 40.6 Å². The van der Waals surface area contributed by atoms with Gasteiger partial charge in [0.1, 0.15) is 12.1 Å². The third kappa shape index (κ3) is 2.35. The van der Waals surface area contributed by atoms with Crippen LogP contribution in [0, 0.1) is 0 Å². The van der Waals surface area contributed by atoms with Crippen molar-refractivity contribution in [2.75, 3.05) is 13.1 Å². The number of hydrogen-bond acceptors (Lipinski definition) is 3. The summed E-state index contributed by atoms with van der Waals surface area (Å²) in [6, 6.07) is 3.60. The van der Waals surface area contributed by atoms with Crippen molar-refractivity contribution in [3.8, 4) is 0 Å². The molecule has 2 amide bonds. The third-order valence-corrected chi connectivity index (χ3v) is 5.29. The summed E-state index contributed by atoms with van der Waals surface area (Å²) in [5.41, 5.74) is 0. The Morgan fingerprint density at radius 3 is 2.90 bits per heavy atom. The number of carbonyl (C=O) groups is 2. The van der Waals surface area contributed by atoms with E-state index in [9.17, 15) is 9.59 Å². The number of piperazine rings is 1. The summed E-state index contributed by atoms with van der Waals surface area (Å²) in [5, 5.41) is 2.05. The van der Waals surface area contributed by atoms with Crippen LogP contribution in [0.1, 0.15) is 31.1 Å². The second kappa shape index (κ2) is 5.56. The SMILES string of the molecule is CC1C(=O)N2CCCCC2C(=O)N1CCc1cccs1. The molecule has 5 heteroatoms. The molecule has 0 aromatic carbocycles. The van der Waals surface area contributed by atoms with Crippen molar-refractivity contribution in [3.63, 3.8) is 0 Å². The van der Waals surface area contributed by atoms with Crippen LogP contribution in [0.15, 0.2) is 17.5 Å². The minimum atomic E-state index is -0.309. The first-order valence-corrected chi connectivity index (χ1v) is 8.20. The van der Waals surface area contributed by atoms with Crippen molar-refractivity contribution < 1.29 is 9.59 Å². The molecule has 0 radical (unpaired) electrons. The van der Waals surface area contributed by atoms with Crippen molar-refractivity contribution >= 4 is 23.2 Å². The number of piperidine rings is 1. The highest BCUT2D eigenvalue weighted by Crippen LogP contribution is 2.26. The zero-order chi connectivity index (χ0) is 14.1. The van der Waals surface area contributed by atoms with Gasteiger partial charge < -0.3 is 9.80 Å². The smallest absolute Gasteiger partial charge is 0.246 e. The van der Waals surface area contributed by atoms with E-state index < -0.39 is 0 Å². The average Bonchev–Trinajstić information content (AvgIpc) is 2.98. The normalized spacial score (nSPS) is 26.9. The summed E-state index contributed by atoms with van der Waals surface area (Å²) >= 11 is 1.70. The molecular weight excluding hydrogens is 272 g/mol. The summed E-state index contributed by atoms with van der Waals surface area (Å²) in [4.78, 5) is 29.9. The van der Waals surface area contributed by atoms with Gasteiger partial charge in [0.2, 0.25) is 11.8 Å². The molecule has 2 saturated heterocycles. The number of rotatable bonds is 3. The number of nitrogens with zero attached hydrogens (tertiary/aromatic N) is 2. The van der Waals surface area contributed by atoms with E-state index in [0.717, 1.165) is 32.2 Å². The number of thiophene rings is 1. The highest BCUT2D eigenvalue weighted by Gasteiger charge is 2.44. The van der Waals surface area contributed by atoms with Crippen LogP contribution in [-0.4, -0.2) is 46.8 Å². The third-order valence-electron chi connectivity index (χ3n) is 4.36. The summed E-state index contributed by atoms with van der Waals surface area (Å²) in [6.45, 7) is 3.26. The van der Waals surface area contributed by atoms with Gasteiger partial charge in [-0.3, -0.25) is 9.59 Å². The standard InChI is InChI=1S/C15H20N2O2S/c1-11-14(18)17-8-3-2-6-13(17)15(19)16(11)9-7-12-5-4-10-20-12/h4-5,10-11,13H,2-3,6-9H2,1H3. The van der Waals surface area contributed by atoms with Crippen molar-refractivity contribution in [2.45, 2.75) is 44.7 Å². The van der Waals surface area contributed by atoms with Crippen LogP contribution in [0.3, 0.4) is 0 Å². The van der Waals surface area contributed by atoms with Crippen LogP contribution in [-0.2, 0) is 16.0 Å². The minimum Gasteiger partial charge on any atom is -0.329 e. The molecule has 20 heavy (non-hydrogen) atoms. The molecule has 1 aromatic rings. The van der Waals surface area contributed by atoms with Crippen LogP contribution >= 0.6 is 11.3 Å². The van der Waals surface area contributed by atoms with Gasteiger partial charge in [0.05, 0.1) is 0 Å². The number of hydrogen-bond donors (Lipinski definition) is 0. The van der Waals surface area contributed by atoms with E-state index in [1.165, 1.54) is 4.88 Å². The van der Waals surface area contributed by atoms with E-state index in [2.05, 4.69) is 6.07 Å². The lowest BCUT2D eigenvalue weighted by atomic mass is 9.95. The summed E-state index contributed by atoms with van der Waals surface area (Å²) in [5.74, 6) is 0.272. The first-order valence-electron chi connectivity index (χ1n) is 7.32. The van der Waals surface area contributed by atoms with Gasteiger partial charge in [-0.05, 0) is 44.1 Å². The molecule has 2 unspecified atom stereocenters. The van der Waals surface area contributed by atoms with Crippen LogP contribution < -0.4 is 0 Å². The van der Waals surface area contributed by atoms with Crippen LogP contribution in [0.2, 0.25) is 0 Å². The minimum absolute atomic E-state index is 0.125. The fraction of sp³-hybridized carbons (Fsp3) is 0.600. The second-order valence-electron chi connectivity index (χ2n) is 5.58. The molecule has 2 aliphatic heterocycles.